The van der Waals surface area contributed by atoms with Gasteiger partial charge in [-0.25, -0.2) is 4.79 Å². The van der Waals surface area contributed by atoms with Crippen molar-refractivity contribution in [3.63, 3.8) is 0 Å². The van der Waals surface area contributed by atoms with Crippen LogP contribution in [0.25, 0.3) is 0 Å². The summed E-state index contributed by atoms with van der Waals surface area (Å²) in [6.45, 7) is 7.02. The second-order valence-corrected chi connectivity index (χ2v) is 4.13. The maximum atomic E-state index is 11.3. The molecule has 14 heavy (non-hydrogen) atoms. The smallest absolute Gasteiger partial charge is 0.337 e. The Morgan fingerprint density at radius 1 is 1.36 bits per heavy atom. The van der Waals surface area contributed by atoms with Crippen LogP contribution in [0, 0.1) is 0 Å². The van der Waals surface area contributed by atoms with Gasteiger partial charge in [0.05, 0.1) is 12.2 Å². The van der Waals surface area contributed by atoms with E-state index in [1.165, 1.54) is 6.92 Å². The van der Waals surface area contributed by atoms with Crippen LogP contribution in [-0.4, -0.2) is 36.0 Å². The number of methoxy groups -OCH3 is 1. The summed E-state index contributed by atoms with van der Waals surface area (Å²) in [5, 5.41) is 9.83. The number of rotatable bonds is 5. The molecule has 0 spiro atoms. The zero-order valence-corrected chi connectivity index (χ0v) is 9.59. The molecule has 0 saturated heterocycles. The number of ether oxygens (including phenoxy) is 2. The highest BCUT2D eigenvalue weighted by Crippen LogP contribution is 2.23. The van der Waals surface area contributed by atoms with E-state index in [1.807, 2.05) is 0 Å². The summed E-state index contributed by atoms with van der Waals surface area (Å²) in [6.07, 6.45) is 0.204. The fraction of sp³-hybridized carbons (Fsp3) is 0.900. The summed E-state index contributed by atoms with van der Waals surface area (Å²) in [5.74, 6) is -0.606. The molecule has 0 aliphatic rings. The van der Waals surface area contributed by atoms with Gasteiger partial charge in [0.2, 0.25) is 0 Å². The van der Waals surface area contributed by atoms with Gasteiger partial charge in [-0.05, 0) is 27.7 Å². The van der Waals surface area contributed by atoms with Gasteiger partial charge >= 0.3 is 5.97 Å². The molecular weight excluding hydrogens is 184 g/mol. The van der Waals surface area contributed by atoms with Crippen molar-refractivity contribution in [2.24, 2.45) is 0 Å². The van der Waals surface area contributed by atoms with Crippen molar-refractivity contribution >= 4 is 5.97 Å². The number of aliphatic hydroxyl groups is 1. The molecule has 1 unspecified atom stereocenters. The van der Waals surface area contributed by atoms with Crippen molar-refractivity contribution in [3.05, 3.63) is 0 Å². The van der Waals surface area contributed by atoms with Crippen molar-refractivity contribution in [1.82, 2.24) is 0 Å². The van der Waals surface area contributed by atoms with Crippen molar-refractivity contribution in [2.45, 2.75) is 45.3 Å². The van der Waals surface area contributed by atoms with Gasteiger partial charge in [-0.3, -0.25) is 0 Å². The topological polar surface area (TPSA) is 55.8 Å². The number of hydrogen-bond donors (Lipinski definition) is 1. The van der Waals surface area contributed by atoms with Crippen LogP contribution >= 0.6 is 0 Å². The first-order chi connectivity index (χ1) is 6.25. The maximum Gasteiger partial charge on any atom is 0.337 e. The van der Waals surface area contributed by atoms with Gasteiger partial charge in [-0.15, -0.1) is 0 Å². The Bertz CT molecular complexity index is 196. The Balaban J connectivity index is 4.40. The lowest BCUT2D eigenvalue weighted by atomic mass is 9.91. The van der Waals surface area contributed by atoms with Crippen LogP contribution in [0.2, 0.25) is 0 Å². The van der Waals surface area contributed by atoms with Crippen LogP contribution in [0.15, 0.2) is 0 Å². The van der Waals surface area contributed by atoms with Crippen molar-refractivity contribution in [1.29, 1.82) is 0 Å². The predicted molar refractivity (Wildman–Crippen MR) is 53.0 cm³/mol. The minimum atomic E-state index is -1.49. The molecule has 0 radical (unpaired) electrons. The molecule has 4 heteroatoms. The lowest BCUT2D eigenvalue weighted by Crippen LogP contribution is -2.44. The second-order valence-electron chi connectivity index (χ2n) is 4.13. The predicted octanol–water partition coefficient (Wildman–Crippen LogP) is 1.12. The quantitative estimate of drug-likeness (QED) is 0.682. The summed E-state index contributed by atoms with van der Waals surface area (Å²) in [6, 6.07) is 0. The van der Waals surface area contributed by atoms with E-state index >= 15 is 0 Å². The summed E-state index contributed by atoms with van der Waals surface area (Å²) in [4.78, 5) is 11.3. The summed E-state index contributed by atoms with van der Waals surface area (Å²) < 4.78 is 9.89. The van der Waals surface area contributed by atoms with E-state index in [4.69, 9.17) is 9.47 Å². The lowest BCUT2D eigenvalue weighted by Gasteiger charge is -2.30. The monoisotopic (exact) mass is 204 g/mol. The van der Waals surface area contributed by atoms with Gasteiger partial charge in [-0.2, -0.15) is 0 Å². The van der Waals surface area contributed by atoms with Crippen LogP contribution < -0.4 is 0 Å². The van der Waals surface area contributed by atoms with E-state index < -0.39 is 17.2 Å². The second kappa shape index (κ2) is 4.75. The van der Waals surface area contributed by atoms with Gasteiger partial charge in [0, 0.05) is 13.5 Å². The first-order valence-corrected chi connectivity index (χ1v) is 4.70. The third-order valence-corrected chi connectivity index (χ3v) is 2.04. The maximum absolute atomic E-state index is 11.3. The third kappa shape index (κ3) is 4.07. The average Bonchev–Trinajstić information content (AvgIpc) is 2.03. The molecule has 0 bridgehead atoms. The fourth-order valence-corrected chi connectivity index (χ4v) is 1.26. The van der Waals surface area contributed by atoms with Crippen molar-refractivity contribution in [3.8, 4) is 0 Å². The van der Waals surface area contributed by atoms with E-state index in [-0.39, 0.29) is 13.0 Å². The van der Waals surface area contributed by atoms with Gasteiger partial charge in [0.15, 0.2) is 5.60 Å². The normalized spacial score (nSPS) is 16.1. The molecule has 4 nitrogen and oxygen atoms in total. The SMILES string of the molecule is CCOC(=O)C(C)(O)CC(C)(C)OC. The van der Waals surface area contributed by atoms with E-state index in [1.54, 1.807) is 27.9 Å². The average molecular weight is 204 g/mol. The van der Waals surface area contributed by atoms with Crippen LogP contribution in [0.5, 0.6) is 0 Å². The lowest BCUT2D eigenvalue weighted by molar-refractivity contribution is -0.169. The summed E-state index contributed by atoms with van der Waals surface area (Å²) in [5.41, 5.74) is -2.04. The minimum absolute atomic E-state index is 0.204. The largest absolute Gasteiger partial charge is 0.464 e. The van der Waals surface area contributed by atoms with E-state index in [2.05, 4.69) is 0 Å². The first-order valence-electron chi connectivity index (χ1n) is 4.70. The van der Waals surface area contributed by atoms with Crippen LogP contribution in [-0.2, 0) is 14.3 Å². The molecular formula is C10H20O4. The Hall–Kier alpha value is -0.610. The Morgan fingerprint density at radius 3 is 2.21 bits per heavy atom. The first kappa shape index (κ1) is 13.4. The number of carbonyl (C=O) groups excluding carboxylic acids is 1. The number of carbonyl (C=O) groups is 1. The van der Waals surface area contributed by atoms with Crippen LogP contribution in [0.3, 0.4) is 0 Å². The van der Waals surface area contributed by atoms with Gasteiger partial charge < -0.3 is 14.6 Å². The van der Waals surface area contributed by atoms with E-state index in [0.717, 1.165) is 0 Å². The molecule has 0 amide bonds. The van der Waals surface area contributed by atoms with Gasteiger partial charge in [0.1, 0.15) is 0 Å². The standard InChI is InChI=1S/C10H20O4/c1-6-14-8(11)10(4,12)7-9(2,3)13-5/h12H,6-7H2,1-5H3. The van der Waals surface area contributed by atoms with Crippen LogP contribution in [0.1, 0.15) is 34.1 Å². The van der Waals surface area contributed by atoms with Crippen LogP contribution in [0.4, 0.5) is 0 Å². The molecule has 84 valence electrons. The molecule has 0 aliphatic heterocycles. The molecule has 0 fully saturated rings. The van der Waals surface area contributed by atoms with E-state index in [0.29, 0.717) is 0 Å². The molecule has 0 aromatic carbocycles. The summed E-state index contributed by atoms with van der Waals surface area (Å²) in [7, 11) is 1.54. The molecule has 1 N–H and O–H groups in total. The summed E-state index contributed by atoms with van der Waals surface area (Å²) >= 11 is 0. The highest BCUT2D eigenvalue weighted by molar-refractivity contribution is 5.78. The Morgan fingerprint density at radius 2 is 1.86 bits per heavy atom. The minimum Gasteiger partial charge on any atom is -0.464 e. The zero-order valence-electron chi connectivity index (χ0n) is 9.59. The third-order valence-electron chi connectivity index (χ3n) is 2.04. The number of esters is 1. The highest BCUT2D eigenvalue weighted by Gasteiger charge is 2.38. The molecule has 0 saturated carbocycles. The van der Waals surface area contributed by atoms with E-state index in [9.17, 15) is 9.90 Å². The number of hydrogen-bond acceptors (Lipinski definition) is 4. The molecule has 0 aliphatic carbocycles. The molecule has 0 rings (SSSR count). The van der Waals surface area contributed by atoms with Gasteiger partial charge in [0.25, 0.3) is 0 Å². The molecule has 0 aromatic heterocycles. The Kier molecular flexibility index (Phi) is 4.55. The van der Waals surface area contributed by atoms with Gasteiger partial charge in [-0.1, -0.05) is 0 Å². The molecule has 0 heterocycles. The molecule has 1 atom stereocenters. The van der Waals surface area contributed by atoms with Crippen molar-refractivity contribution in [2.75, 3.05) is 13.7 Å². The van der Waals surface area contributed by atoms with Crippen molar-refractivity contribution < 1.29 is 19.4 Å². The Labute approximate surface area is 85.2 Å². The molecule has 0 aromatic rings. The fourth-order valence-electron chi connectivity index (χ4n) is 1.26. The zero-order chi connectivity index (χ0) is 11.4. The highest BCUT2D eigenvalue weighted by atomic mass is 16.5.